The van der Waals surface area contributed by atoms with Crippen LogP contribution in [-0.4, -0.2) is 63.4 Å². The van der Waals surface area contributed by atoms with Crippen molar-refractivity contribution >= 4 is 17.5 Å². The van der Waals surface area contributed by atoms with E-state index < -0.39 is 0 Å². The Labute approximate surface area is 224 Å². The molecule has 196 valence electrons. The van der Waals surface area contributed by atoms with Gasteiger partial charge in [-0.05, 0) is 30.5 Å². The summed E-state index contributed by atoms with van der Waals surface area (Å²) in [6, 6.07) is 16.8. The topological polar surface area (TPSA) is 74.8 Å². The van der Waals surface area contributed by atoms with Gasteiger partial charge in [0.1, 0.15) is 0 Å². The highest BCUT2D eigenvalue weighted by molar-refractivity contribution is 5.94. The van der Waals surface area contributed by atoms with Crippen LogP contribution in [0.5, 0.6) is 0 Å². The van der Waals surface area contributed by atoms with E-state index in [1.54, 1.807) is 0 Å². The number of carbonyl (C=O) groups excluding carboxylic acids is 2. The molecular formula is C30H34N6O2. The SMILES string of the molecule is [C-]#[N+]c1ccc(Cn2cncc2CN2CCN(C(=O)[C@H]3CCCC[C@H]3NC(=O)c3ccccc3)CC2)cc1. The molecule has 0 radical (unpaired) electrons. The molecule has 2 fully saturated rings. The van der Waals surface area contributed by atoms with Crippen LogP contribution in [0, 0.1) is 12.5 Å². The van der Waals surface area contributed by atoms with E-state index in [0.29, 0.717) is 30.9 Å². The van der Waals surface area contributed by atoms with E-state index in [-0.39, 0.29) is 23.8 Å². The zero-order chi connectivity index (χ0) is 26.3. The van der Waals surface area contributed by atoms with Crippen molar-refractivity contribution < 1.29 is 9.59 Å². The normalized spacial score (nSPS) is 20.0. The first-order valence-corrected chi connectivity index (χ1v) is 13.4. The molecule has 1 saturated carbocycles. The average molecular weight is 511 g/mol. The van der Waals surface area contributed by atoms with Crippen LogP contribution in [0.4, 0.5) is 5.69 Å². The molecule has 2 aliphatic rings. The molecule has 8 nitrogen and oxygen atoms in total. The van der Waals surface area contributed by atoms with E-state index in [4.69, 9.17) is 6.57 Å². The summed E-state index contributed by atoms with van der Waals surface area (Å²) in [6.07, 6.45) is 7.50. The summed E-state index contributed by atoms with van der Waals surface area (Å²) in [6.45, 7) is 11.6. The number of rotatable bonds is 7. The Morgan fingerprint density at radius 3 is 2.42 bits per heavy atom. The first-order valence-electron chi connectivity index (χ1n) is 13.4. The summed E-state index contributed by atoms with van der Waals surface area (Å²) >= 11 is 0. The number of piperazine rings is 1. The summed E-state index contributed by atoms with van der Waals surface area (Å²) < 4.78 is 2.15. The maximum absolute atomic E-state index is 13.5. The van der Waals surface area contributed by atoms with Gasteiger partial charge in [-0.1, -0.05) is 55.3 Å². The number of hydrogen-bond donors (Lipinski definition) is 1. The zero-order valence-corrected chi connectivity index (χ0v) is 21.6. The Morgan fingerprint density at radius 1 is 0.947 bits per heavy atom. The fourth-order valence-corrected chi connectivity index (χ4v) is 5.53. The van der Waals surface area contributed by atoms with Gasteiger partial charge in [0.05, 0.1) is 24.5 Å². The van der Waals surface area contributed by atoms with E-state index in [2.05, 4.69) is 24.6 Å². The van der Waals surface area contributed by atoms with Crippen molar-refractivity contribution in [2.75, 3.05) is 26.2 Å². The number of carbonyl (C=O) groups is 2. The summed E-state index contributed by atoms with van der Waals surface area (Å²) in [5.41, 5.74) is 3.55. The van der Waals surface area contributed by atoms with Crippen molar-refractivity contribution in [1.82, 2.24) is 24.7 Å². The number of hydrogen-bond acceptors (Lipinski definition) is 4. The van der Waals surface area contributed by atoms with Gasteiger partial charge < -0.3 is 14.8 Å². The second kappa shape index (κ2) is 12.1. The number of aromatic nitrogens is 2. The third-order valence-electron chi connectivity index (χ3n) is 7.72. The Kier molecular flexibility index (Phi) is 8.15. The molecular weight excluding hydrogens is 476 g/mol. The first-order chi connectivity index (χ1) is 18.6. The van der Waals surface area contributed by atoms with Crippen molar-refractivity contribution in [3.8, 4) is 0 Å². The standard InChI is InChI=1S/C30H34N6O2/c1-31-25-13-11-23(12-14-25)20-36-22-32-19-26(36)21-34-15-17-35(18-16-34)30(38)27-9-5-6-10-28(27)33-29(37)24-7-3-2-4-8-24/h2-4,7-8,11-14,19,22,27-28H,5-6,9-10,15-18,20-21H2,(H,33,37)/t27-,28+/m0/s1. The van der Waals surface area contributed by atoms with Gasteiger partial charge in [-0.2, -0.15) is 0 Å². The van der Waals surface area contributed by atoms with Gasteiger partial charge in [0, 0.05) is 57.1 Å². The minimum atomic E-state index is -0.154. The molecule has 1 aliphatic heterocycles. The van der Waals surface area contributed by atoms with Gasteiger partial charge in [-0.3, -0.25) is 14.5 Å². The molecule has 2 aromatic carbocycles. The minimum absolute atomic E-state index is 0.0981. The summed E-state index contributed by atoms with van der Waals surface area (Å²) in [5.74, 6) is -0.0756. The fraction of sp³-hybridized carbons (Fsp3) is 0.400. The number of benzene rings is 2. The third kappa shape index (κ3) is 6.12. The Bertz CT molecular complexity index is 1270. The van der Waals surface area contributed by atoms with Crippen molar-refractivity contribution in [3.05, 3.63) is 95.4 Å². The van der Waals surface area contributed by atoms with Crippen molar-refractivity contribution in [2.45, 2.75) is 44.8 Å². The molecule has 2 heterocycles. The van der Waals surface area contributed by atoms with E-state index >= 15 is 0 Å². The molecule has 0 bridgehead atoms. The summed E-state index contributed by atoms with van der Waals surface area (Å²) in [5, 5.41) is 3.16. The highest BCUT2D eigenvalue weighted by atomic mass is 16.2. The van der Waals surface area contributed by atoms with Gasteiger partial charge in [0.2, 0.25) is 5.91 Å². The van der Waals surface area contributed by atoms with Gasteiger partial charge in [-0.15, -0.1) is 0 Å². The molecule has 0 unspecified atom stereocenters. The lowest BCUT2D eigenvalue weighted by Gasteiger charge is -2.39. The molecule has 3 aromatic rings. The van der Waals surface area contributed by atoms with Crippen LogP contribution in [0.15, 0.2) is 67.1 Å². The number of imidazole rings is 1. The van der Waals surface area contributed by atoms with E-state index in [9.17, 15) is 9.59 Å². The largest absolute Gasteiger partial charge is 0.349 e. The number of nitrogens with one attached hydrogen (secondary N) is 1. The smallest absolute Gasteiger partial charge is 0.251 e. The van der Waals surface area contributed by atoms with Crippen LogP contribution < -0.4 is 5.32 Å². The average Bonchev–Trinajstić information content (AvgIpc) is 3.40. The highest BCUT2D eigenvalue weighted by Gasteiger charge is 2.35. The lowest BCUT2D eigenvalue weighted by atomic mass is 9.83. The molecule has 8 heteroatoms. The monoisotopic (exact) mass is 510 g/mol. The Balaban J connectivity index is 1.14. The molecule has 1 aromatic heterocycles. The molecule has 2 amide bonds. The quantitative estimate of drug-likeness (QED) is 0.486. The van der Waals surface area contributed by atoms with Gasteiger partial charge in [0.25, 0.3) is 5.91 Å². The molecule has 1 aliphatic carbocycles. The number of nitrogens with zero attached hydrogens (tertiary/aromatic N) is 5. The van der Waals surface area contributed by atoms with Crippen LogP contribution in [0.3, 0.4) is 0 Å². The minimum Gasteiger partial charge on any atom is -0.349 e. The van der Waals surface area contributed by atoms with Crippen LogP contribution in [0.1, 0.15) is 47.3 Å². The molecule has 2 atom stereocenters. The molecule has 0 spiro atoms. The Morgan fingerprint density at radius 2 is 1.68 bits per heavy atom. The van der Waals surface area contributed by atoms with Crippen LogP contribution in [0.2, 0.25) is 0 Å². The van der Waals surface area contributed by atoms with E-state index in [1.165, 1.54) is 0 Å². The van der Waals surface area contributed by atoms with Crippen molar-refractivity contribution in [3.63, 3.8) is 0 Å². The number of amides is 2. The van der Waals surface area contributed by atoms with Crippen molar-refractivity contribution in [1.29, 1.82) is 0 Å². The second-order valence-corrected chi connectivity index (χ2v) is 10.2. The van der Waals surface area contributed by atoms with Crippen molar-refractivity contribution in [2.24, 2.45) is 5.92 Å². The summed E-state index contributed by atoms with van der Waals surface area (Å²) in [4.78, 5) is 38.5. The maximum Gasteiger partial charge on any atom is 0.251 e. The molecule has 5 rings (SSSR count). The fourth-order valence-electron chi connectivity index (χ4n) is 5.53. The molecule has 1 N–H and O–H groups in total. The zero-order valence-electron chi connectivity index (χ0n) is 21.6. The second-order valence-electron chi connectivity index (χ2n) is 10.2. The van der Waals surface area contributed by atoms with E-state index in [0.717, 1.165) is 56.6 Å². The predicted octanol–water partition coefficient (Wildman–Crippen LogP) is 4.12. The Hall–Kier alpha value is -3.96. The first kappa shape index (κ1) is 25.7. The highest BCUT2D eigenvalue weighted by Crippen LogP contribution is 2.27. The van der Waals surface area contributed by atoms with Crippen LogP contribution >= 0.6 is 0 Å². The molecule has 38 heavy (non-hydrogen) atoms. The van der Waals surface area contributed by atoms with Gasteiger partial charge in [-0.25, -0.2) is 9.83 Å². The lowest BCUT2D eigenvalue weighted by molar-refractivity contribution is -0.139. The van der Waals surface area contributed by atoms with Crippen LogP contribution in [0.25, 0.3) is 4.85 Å². The van der Waals surface area contributed by atoms with E-state index in [1.807, 2.05) is 72.0 Å². The van der Waals surface area contributed by atoms with Crippen LogP contribution in [-0.2, 0) is 17.9 Å². The predicted molar refractivity (Wildman–Crippen MR) is 146 cm³/mol. The van der Waals surface area contributed by atoms with Gasteiger partial charge in [0.15, 0.2) is 5.69 Å². The maximum atomic E-state index is 13.5. The third-order valence-corrected chi connectivity index (χ3v) is 7.72. The lowest BCUT2D eigenvalue weighted by Crippen LogP contribution is -2.54. The molecule has 1 saturated heterocycles. The van der Waals surface area contributed by atoms with Gasteiger partial charge >= 0.3 is 0 Å². The summed E-state index contributed by atoms with van der Waals surface area (Å²) in [7, 11) is 0.